The number of rotatable bonds is 5. The van der Waals surface area contributed by atoms with E-state index in [-0.39, 0.29) is 18.5 Å². The predicted octanol–water partition coefficient (Wildman–Crippen LogP) is 3.68. The summed E-state index contributed by atoms with van der Waals surface area (Å²) in [6.07, 6.45) is 4.09. The molecule has 1 aliphatic carbocycles. The molecule has 0 bridgehead atoms. The Labute approximate surface area is 148 Å². The van der Waals surface area contributed by atoms with Crippen molar-refractivity contribution in [3.8, 4) is 23.0 Å². The number of halogens is 1. The van der Waals surface area contributed by atoms with E-state index in [4.69, 9.17) is 19.7 Å². The summed E-state index contributed by atoms with van der Waals surface area (Å²) in [5.41, 5.74) is 6.72. The molecule has 0 radical (unpaired) electrons. The van der Waals surface area contributed by atoms with Crippen molar-refractivity contribution in [2.24, 2.45) is 5.73 Å². The molecule has 1 saturated carbocycles. The Morgan fingerprint density at radius 3 is 2.54 bits per heavy atom. The van der Waals surface area contributed by atoms with Gasteiger partial charge in [-0.3, -0.25) is 0 Å². The minimum absolute atomic E-state index is 0. The van der Waals surface area contributed by atoms with Gasteiger partial charge in [0.2, 0.25) is 0 Å². The highest BCUT2D eigenvalue weighted by Gasteiger charge is 2.36. The number of hydrogen-bond donors (Lipinski definition) is 1. The maximum atomic E-state index is 6.38. The molecule has 1 heterocycles. The molecule has 6 nitrogen and oxygen atoms in total. The van der Waals surface area contributed by atoms with Gasteiger partial charge in [0, 0.05) is 5.56 Å². The van der Waals surface area contributed by atoms with Crippen LogP contribution in [0.3, 0.4) is 0 Å². The lowest BCUT2D eigenvalue weighted by Crippen LogP contribution is -2.34. The fourth-order valence-electron chi connectivity index (χ4n) is 2.92. The largest absolute Gasteiger partial charge is 0.493 e. The van der Waals surface area contributed by atoms with Crippen molar-refractivity contribution < 1.29 is 14.0 Å². The molecule has 1 aromatic carbocycles. The third-order valence-electron chi connectivity index (χ3n) is 4.14. The van der Waals surface area contributed by atoms with E-state index in [0.29, 0.717) is 23.2 Å². The average molecular weight is 354 g/mol. The monoisotopic (exact) mass is 353 g/mol. The first-order valence-corrected chi connectivity index (χ1v) is 8.00. The summed E-state index contributed by atoms with van der Waals surface area (Å²) in [6, 6.07) is 5.58. The molecular weight excluding hydrogens is 330 g/mol. The maximum absolute atomic E-state index is 6.38. The van der Waals surface area contributed by atoms with Crippen molar-refractivity contribution >= 4 is 12.4 Å². The molecular formula is C17H24ClN3O3. The SMILES string of the molecule is COc1cc(-c2nc(C3(N)CCCC3)no2)ccc1OC(C)C.Cl. The second-order valence-electron chi connectivity index (χ2n) is 6.32. The molecule has 7 heteroatoms. The fourth-order valence-corrected chi connectivity index (χ4v) is 2.92. The third-order valence-corrected chi connectivity index (χ3v) is 4.14. The molecule has 0 unspecified atom stereocenters. The maximum Gasteiger partial charge on any atom is 0.258 e. The van der Waals surface area contributed by atoms with Crippen molar-refractivity contribution in [2.75, 3.05) is 7.11 Å². The van der Waals surface area contributed by atoms with Crippen molar-refractivity contribution in [2.45, 2.75) is 51.2 Å². The first-order valence-electron chi connectivity index (χ1n) is 8.00. The lowest BCUT2D eigenvalue weighted by molar-refractivity contribution is 0.230. The number of nitrogens with zero attached hydrogens (tertiary/aromatic N) is 2. The number of aromatic nitrogens is 2. The van der Waals surface area contributed by atoms with E-state index in [9.17, 15) is 0 Å². The zero-order valence-corrected chi connectivity index (χ0v) is 15.1. The van der Waals surface area contributed by atoms with Crippen molar-refractivity contribution in [1.29, 1.82) is 0 Å². The lowest BCUT2D eigenvalue weighted by Gasteiger charge is -2.17. The lowest BCUT2D eigenvalue weighted by atomic mass is 9.99. The smallest absolute Gasteiger partial charge is 0.258 e. The van der Waals surface area contributed by atoms with Crippen molar-refractivity contribution in [3.05, 3.63) is 24.0 Å². The zero-order chi connectivity index (χ0) is 16.4. The van der Waals surface area contributed by atoms with Crippen LogP contribution in [-0.4, -0.2) is 23.4 Å². The fraction of sp³-hybridized carbons (Fsp3) is 0.529. The second kappa shape index (κ2) is 7.40. The van der Waals surface area contributed by atoms with Gasteiger partial charge in [0.1, 0.15) is 0 Å². The summed E-state index contributed by atoms with van der Waals surface area (Å²) in [5, 5.41) is 4.09. The number of methoxy groups -OCH3 is 1. The summed E-state index contributed by atoms with van der Waals surface area (Å²) >= 11 is 0. The summed E-state index contributed by atoms with van der Waals surface area (Å²) < 4.78 is 16.5. The van der Waals surface area contributed by atoms with Crippen LogP contribution in [0.1, 0.15) is 45.4 Å². The molecule has 1 aromatic heterocycles. The standard InChI is InChI=1S/C17H23N3O3.ClH/c1-11(2)22-13-7-6-12(10-14(13)21-3)15-19-16(20-23-15)17(18)8-4-5-9-17;/h6-7,10-11H,4-5,8-9,18H2,1-3H3;1H. The summed E-state index contributed by atoms with van der Waals surface area (Å²) in [4.78, 5) is 4.50. The zero-order valence-electron chi connectivity index (χ0n) is 14.2. The number of benzene rings is 1. The Kier molecular flexibility index (Phi) is 5.72. The highest BCUT2D eigenvalue weighted by Crippen LogP contribution is 2.37. The van der Waals surface area contributed by atoms with Gasteiger partial charge < -0.3 is 19.7 Å². The van der Waals surface area contributed by atoms with Crippen LogP contribution in [-0.2, 0) is 5.54 Å². The van der Waals surface area contributed by atoms with E-state index in [0.717, 1.165) is 31.2 Å². The van der Waals surface area contributed by atoms with Crippen LogP contribution >= 0.6 is 12.4 Å². The van der Waals surface area contributed by atoms with E-state index >= 15 is 0 Å². The highest BCUT2D eigenvalue weighted by atomic mass is 35.5. The Balaban J connectivity index is 0.00000208. The van der Waals surface area contributed by atoms with Crippen LogP contribution < -0.4 is 15.2 Å². The van der Waals surface area contributed by atoms with Crippen LogP contribution in [0.25, 0.3) is 11.5 Å². The summed E-state index contributed by atoms with van der Waals surface area (Å²) in [5.74, 6) is 2.37. The minimum Gasteiger partial charge on any atom is -0.493 e. The molecule has 0 atom stereocenters. The van der Waals surface area contributed by atoms with Gasteiger partial charge >= 0.3 is 0 Å². The number of nitrogens with two attached hydrogens (primary N) is 1. The Bertz CT molecular complexity index is 681. The van der Waals surface area contributed by atoms with Crippen LogP contribution in [0, 0.1) is 0 Å². The molecule has 1 fully saturated rings. The highest BCUT2D eigenvalue weighted by molar-refractivity contribution is 5.85. The van der Waals surface area contributed by atoms with Gasteiger partial charge in [0.05, 0.1) is 18.8 Å². The van der Waals surface area contributed by atoms with Gasteiger partial charge in [-0.25, -0.2) is 0 Å². The second-order valence-corrected chi connectivity index (χ2v) is 6.32. The Morgan fingerprint density at radius 2 is 1.92 bits per heavy atom. The van der Waals surface area contributed by atoms with Gasteiger partial charge in [0.15, 0.2) is 17.3 Å². The summed E-state index contributed by atoms with van der Waals surface area (Å²) in [6.45, 7) is 3.94. The van der Waals surface area contributed by atoms with Crippen LogP contribution in [0.15, 0.2) is 22.7 Å². The third kappa shape index (κ3) is 3.65. The number of ether oxygens (including phenoxy) is 2. The number of hydrogen-bond acceptors (Lipinski definition) is 6. The van der Waals surface area contributed by atoms with Crippen molar-refractivity contribution in [3.63, 3.8) is 0 Å². The Morgan fingerprint density at radius 1 is 1.21 bits per heavy atom. The average Bonchev–Trinajstić information content (AvgIpc) is 3.17. The van der Waals surface area contributed by atoms with Gasteiger partial charge in [0.25, 0.3) is 5.89 Å². The van der Waals surface area contributed by atoms with Crippen LogP contribution in [0.5, 0.6) is 11.5 Å². The molecule has 0 spiro atoms. The van der Waals surface area contributed by atoms with E-state index < -0.39 is 5.54 Å². The minimum atomic E-state index is -0.452. The van der Waals surface area contributed by atoms with E-state index in [2.05, 4.69) is 10.1 Å². The molecule has 3 rings (SSSR count). The molecule has 2 aromatic rings. The molecule has 24 heavy (non-hydrogen) atoms. The van der Waals surface area contributed by atoms with Crippen molar-refractivity contribution in [1.82, 2.24) is 10.1 Å². The summed E-state index contributed by atoms with van der Waals surface area (Å²) in [7, 11) is 1.61. The van der Waals surface area contributed by atoms with E-state index in [1.807, 2.05) is 32.0 Å². The first kappa shape index (κ1) is 18.5. The van der Waals surface area contributed by atoms with Gasteiger partial charge in [-0.15, -0.1) is 12.4 Å². The quantitative estimate of drug-likeness (QED) is 0.882. The Hall–Kier alpha value is -1.79. The van der Waals surface area contributed by atoms with Gasteiger partial charge in [-0.2, -0.15) is 4.98 Å². The first-order chi connectivity index (χ1) is 11.0. The molecule has 0 amide bonds. The van der Waals surface area contributed by atoms with Crippen LogP contribution in [0.4, 0.5) is 0 Å². The molecule has 0 aliphatic heterocycles. The van der Waals surface area contributed by atoms with E-state index in [1.165, 1.54) is 0 Å². The van der Waals surface area contributed by atoms with Gasteiger partial charge in [-0.05, 0) is 44.9 Å². The normalized spacial score (nSPS) is 16.0. The van der Waals surface area contributed by atoms with Crippen LogP contribution in [0.2, 0.25) is 0 Å². The predicted molar refractivity (Wildman–Crippen MR) is 93.6 cm³/mol. The van der Waals surface area contributed by atoms with E-state index in [1.54, 1.807) is 7.11 Å². The topological polar surface area (TPSA) is 83.4 Å². The molecule has 1 aliphatic rings. The molecule has 0 saturated heterocycles. The van der Waals surface area contributed by atoms with Gasteiger partial charge in [-0.1, -0.05) is 18.0 Å². The molecule has 2 N–H and O–H groups in total. The molecule has 132 valence electrons.